The molecule has 30 heavy (non-hydrogen) atoms. The summed E-state index contributed by atoms with van der Waals surface area (Å²) in [5.74, 6) is 0.392. The highest BCUT2D eigenvalue weighted by atomic mass is 16.2. The van der Waals surface area contributed by atoms with Crippen LogP contribution in [0.4, 0.5) is 0 Å². The van der Waals surface area contributed by atoms with Crippen molar-refractivity contribution in [3.8, 4) is 11.4 Å². The predicted molar refractivity (Wildman–Crippen MR) is 116 cm³/mol. The highest BCUT2D eigenvalue weighted by Crippen LogP contribution is 2.21. The van der Waals surface area contributed by atoms with Gasteiger partial charge in [0.1, 0.15) is 0 Å². The van der Waals surface area contributed by atoms with Gasteiger partial charge in [-0.05, 0) is 40.1 Å². The lowest BCUT2D eigenvalue weighted by molar-refractivity contribution is 0.677. The van der Waals surface area contributed by atoms with Gasteiger partial charge in [0.15, 0.2) is 5.82 Å². The molecule has 3 aromatic rings. The molecule has 0 unspecified atom stereocenters. The van der Waals surface area contributed by atoms with Crippen molar-refractivity contribution < 1.29 is 0 Å². The smallest absolute Gasteiger partial charge is 0.328 e. The molecule has 1 aromatic heterocycles. The molecule has 0 fully saturated rings. The van der Waals surface area contributed by atoms with E-state index in [1.807, 2.05) is 41.1 Å². The van der Waals surface area contributed by atoms with Gasteiger partial charge in [-0.15, -0.1) is 0 Å². The average molecular weight is 394 g/mol. The van der Waals surface area contributed by atoms with Gasteiger partial charge in [0.05, 0.1) is 12.1 Å². The van der Waals surface area contributed by atoms with Crippen LogP contribution in [0, 0.1) is 0 Å². The second-order valence-electron chi connectivity index (χ2n) is 7.16. The summed E-state index contributed by atoms with van der Waals surface area (Å²) in [5, 5.41) is 2.28. The zero-order valence-electron chi connectivity index (χ0n) is 16.1. The molecular formula is C24H18N4O2. The fourth-order valence-corrected chi connectivity index (χ4v) is 3.77. The number of aromatic nitrogens is 4. The summed E-state index contributed by atoms with van der Waals surface area (Å²) < 4.78 is 3.01. The van der Waals surface area contributed by atoms with E-state index >= 15 is 0 Å². The standard InChI is InChI=1S/C24H18N4O2/c29-23-21-11-5-13-27(16-19-9-3-8-18-7-1-2-10-20(18)19)22(21)26-24(30)28(23)15-17-6-4-12-25-14-17/h1-14H,15-16H2. The van der Waals surface area contributed by atoms with E-state index in [0.717, 1.165) is 26.5 Å². The maximum absolute atomic E-state index is 13.1. The van der Waals surface area contributed by atoms with Crippen molar-refractivity contribution in [2.24, 2.45) is 0 Å². The molecule has 2 aliphatic rings. The Morgan fingerprint density at radius 1 is 0.833 bits per heavy atom. The molecule has 6 nitrogen and oxygen atoms in total. The lowest BCUT2D eigenvalue weighted by Gasteiger charge is -2.16. The first-order valence-corrected chi connectivity index (χ1v) is 9.66. The van der Waals surface area contributed by atoms with E-state index in [9.17, 15) is 9.59 Å². The first-order valence-electron chi connectivity index (χ1n) is 9.66. The van der Waals surface area contributed by atoms with Crippen molar-refractivity contribution in [1.29, 1.82) is 0 Å². The van der Waals surface area contributed by atoms with Crippen molar-refractivity contribution in [3.05, 3.63) is 117 Å². The maximum Gasteiger partial charge on any atom is 0.352 e. The Morgan fingerprint density at radius 2 is 1.70 bits per heavy atom. The molecule has 0 saturated carbocycles. The van der Waals surface area contributed by atoms with E-state index in [0.29, 0.717) is 17.9 Å². The highest BCUT2D eigenvalue weighted by Gasteiger charge is 2.17. The van der Waals surface area contributed by atoms with Gasteiger partial charge in [-0.25, -0.2) is 4.79 Å². The van der Waals surface area contributed by atoms with Gasteiger partial charge >= 0.3 is 5.69 Å². The molecule has 3 heterocycles. The average Bonchev–Trinajstić information content (AvgIpc) is 2.78. The highest BCUT2D eigenvalue weighted by molar-refractivity contribution is 5.85. The SMILES string of the molecule is O=c1nc2n(Cc3cccc4ccccc34)cccc-2c(=O)n1Cc1cccnc1. The fraction of sp³-hybridized carbons (Fsp3) is 0.0833. The van der Waals surface area contributed by atoms with Gasteiger partial charge in [0.25, 0.3) is 5.56 Å². The maximum atomic E-state index is 13.1. The van der Waals surface area contributed by atoms with Crippen LogP contribution in [0.5, 0.6) is 0 Å². The van der Waals surface area contributed by atoms with Crippen LogP contribution in [0.25, 0.3) is 22.2 Å². The van der Waals surface area contributed by atoms with Crippen LogP contribution in [0.15, 0.2) is 94.9 Å². The summed E-state index contributed by atoms with van der Waals surface area (Å²) in [7, 11) is 0. The number of pyridine rings is 2. The molecular weight excluding hydrogens is 376 g/mol. The number of nitrogens with zero attached hydrogens (tertiary/aromatic N) is 4. The van der Waals surface area contributed by atoms with E-state index < -0.39 is 5.69 Å². The van der Waals surface area contributed by atoms with Gasteiger partial charge in [-0.2, -0.15) is 4.98 Å². The molecule has 2 aromatic carbocycles. The van der Waals surface area contributed by atoms with Crippen molar-refractivity contribution >= 4 is 10.8 Å². The lowest BCUT2D eigenvalue weighted by atomic mass is 10.0. The Morgan fingerprint density at radius 3 is 2.57 bits per heavy atom. The third-order valence-corrected chi connectivity index (χ3v) is 5.23. The molecule has 0 aliphatic carbocycles. The topological polar surface area (TPSA) is 69.8 Å². The quantitative estimate of drug-likeness (QED) is 0.470. The molecule has 0 amide bonds. The summed E-state index contributed by atoms with van der Waals surface area (Å²) in [6.45, 7) is 0.657. The normalized spacial score (nSPS) is 11.2. The third kappa shape index (κ3) is 3.18. The molecule has 146 valence electrons. The largest absolute Gasteiger partial charge is 0.352 e. The minimum Gasteiger partial charge on any atom is -0.328 e. The Kier molecular flexibility index (Phi) is 4.44. The van der Waals surface area contributed by atoms with Crippen LogP contribution in [-0.2, 0) is 13.1 Å². The molecule has 0 radical (unpaired) electrons. The van der Waals surface area contributed by atoms with E-state index in [1.54, 1.807) is 24.5 Å². The van der Waals surface area contributed by atoms with Crippen LogP contribution in [0.2, 0.25) is 0 Å². The van der Waals surface area contributed by atoms with E-state index in [-0.39, 0.29) is 12.1 Å². The summed E-state index contributed by atoms with van der Waals surface area (Å²) in [6, 6.07) is 21.4. The summed E-state index contributed by atoms with van der Waals surface area (Å²) in [5.41, 5.74) is 1.38. The summed E-state index contributed by atoms with van der Waals surface area (Å²) >= 11 is 0. The first kappa shape index (κ1) is 18.0. The molecule has 6 heteroatoms. The number of fused-ring (bicyclic) bond motifs is 2. The molecule has 0 bridgehead atoms. The zero-order chi connectivity index (χ0) is 20.5. The van der Waals surface area contributed by atoms with Gasteiger partial charge in [0.2, 0.25) is 0 Å². The van der Waals surface area contributed by atoms with Crippen molar-refractivity contribution in [2.45, 2.75) is 13.1 Å². The summed E-state index contributed by atoms with van der Waals surface area (Å²) in [6.07, 6.45) is 5.14. The Labute approximate surface area is 172 Å². The van der Waals surface area contributed by atoms with Crippen molar-refractivity contribution in [3.63, 3.8) is 0 Å². The van der Waals surface area contributed by atoms with E-state index in [1.165, 1.54) is 0 Å². The monoisotopic (exact) mass is 394 g/mol. The van der Waals surface area contributed by atoms with Crippen LogP contribution < -0.4 is 11.2 Å². The number of benzene rings is 2. The van der Waals surface area contributed by atoms with Gasteiger partial charge in [-0.1, -0.05) is 48.5 Å². The zero-order valence-corrected chi connectivity index (χ0v) is 16.1. The minimum absolute atomic E-state index is 0.145. The lowest BCUT2D eigenvalue weighted by Crippen LogP contribution is -2.38. The van der Waals surface area contributed by atoms with Crippen molar-refractivity contribution in [1.82, 2.24) is 19.1 Å². The third-order valence-electron chi connectivity index (χ3n) is 5.23. The minimum atomic E-state index is -0.561. The van der Waals surface area contributed by atoms with Crippen LogP contribution >= 0.6 is 0 Å². The van der Waals surface area contributed by atoms with Crippen LogP contribution in [0.3, 0.4) is 0 Å². The molecule has 0 atom stereocenters. The number of rotatable bonds is 4. The molecule has 0 saturated heterocycles. The predicted octanol–water partition coefficient (Wildman–Crippen LogP) is 3.15. The first-order chi connectivity index (χ1) is 14.7. The van der Waals surface area contributed by atoms with Gasteiger partial charge < -0.3 is 4.57 Å². The Balaban J connectivity index is 1.61. The van der Waals surface area contributed by atoms with Crippen LogP contribution in [0.1, 0.15) is 11.1 Å². The Bertz CT molecular complexity index is 1430. The van der Waals surface area contributed by atoms with Crippen molar-refractivity contribution in [2.75, 3.05) is 0 Å². The Hall–Kier alpha value is -4.06. The van der Waals surface area contributed by atoms with Crippen LogP contribution in [-0.4, -0.2) is 19.1 Å². The number of hydrogen-bond donors (Lipinski definition) is 0. The molecule has 5 rings (SSSR count). The second kappa shape index (κ2) is 7.40. The van der Waals surface area contributed by atoms with Gasteiger partial charge in [-0.3, -0.25) is 14.3 Å². The fourth-order valence-electron chi connectivity index (χ4n) is 3.77. The molecule has 0 N–H and O–H groups in total. The second-order valence-corrected chi connectivity index (χ2v) is 7.16. The van der Waals surface area contributed by atoms with E-state index in [4.69, 9.17) is 0 Å². The summed E-state index contributed by atoms with van der Waals surface area (Å²) in [4.78, 5) is 34.1. The number of hydrogen-bond acceptors (Lipinski definition) is 4. The molecule has 0 spiro atoms. The molecule has 2 aliphatic heterocycles. The van der Waals surface area contributed by atoms with Gasteiger partial charge in [0, 0.05) is 25.1 Å². The van der Waals surface area contributed by atoms with E-state index in [2.05, 4.69) is 34.2 Å².